The zero-order chi connectivity index (χ0) is 15.2. The number of nitrogens with zero attached hydrogens (tertiary/aromatic N) is 1. The Hall–Kier alpha value is -2.04. The van der Waals surface area contributed by atoms with Gasteiger partial charge >= 0.3 is 5.97 Å². The van der Waals surface area contributed by atoms with E-state index in [1.807, 2.05) is 37.3 Å². The van der Waals surface area contributed by atoms with Gasteiger partial charge in [0.25, 0.3) is 0 Å². The zero-order valence-corrected chi connectivity index (χ0v) is 12.2. The first kappa shape index (κ1) is 15.4. The molecule has 0 saturated carbocycles. The molecule has 2 atom stereocenters. The molecule has 1 aliphatic heterocycles. The van der Waals surface area contributed by atoms with Crippen molar-refractivity contribution in [1.29, 1.82) is 0 Å². The van der Waals surface area contributed by atoms with Crippen molar-refractivity contribution in [1.82, 2.24) is 4.90 Å². The number of hydrogen-bond acceptors (Lipinski definition) is 3. The predicted octanol–water partition coefficient (Wildman–Crippen LogP) is 2.17. The highest BCUT2D eigenvalue weighted by molar-refractivity contribution is 5.85. The van der Waals surface area contributed by atoms with Crippen molar-refractivity contribution < 1.29 is 19.4 Å². The van der Waals surface area contributed by atoms with Crippen molar-refractivity contribution in [3.8, 4) is 5.75 Å². The minimum atomic E-state index is -0.909. The highest BCUT2D eigenvalue weighted by Crippen LogP contribution is 2.21. The SMILES string of the molecule is CC(CCOc1ccccc1)C(=O)N1CCC[C@@H]1C(=O)O. The van der Waals surface area contributed by atoms with Gasteiger partial charge in [-0.1, -0.05) is 25.1 Å². The topological polar surface area (TPSA) is 66.8 Å². The van der Waals surface area contributed by atoms with E-state index in [9.17, 15) is 9.59 Å². The summed E-state index contributed by atoms with van der Waals surface area (Å²) in [4.78, 5) is 24.9. The molecule has 1 N–H and O–H groups in total. The number of benzene rings is 1. The van der Waals surface area contributed by atoms with Gasteiger partial charge in [-0.2, -0.15) is 0 Å². The fourth-order valence-electron chi connectivity index (χ4n) is 2.56. The maximum absolute atomic E-state index is 12.3. The van der Waals surface area contributed by atoms with E-state index in [-0.39, 0.29) is 11.8 Å². The van der Waals surface area contributed by atoms with E-state index in [1.54, 1.807) is 0 Å². The van der Waals surface area contributed by atoms with Crippen LogP contribution in [0.1, 0.15) is 26.2 Å². The maximum Gasteiger partial charge on any atom is 0.326 e. The van der Waals surface area contributed by atoms with Gasteiger partial charge in [-0.25, -0.2) is 4.79 Å². The van der Waals surface area contributed by atoms with Crippen LogP contribution in [0.15, 0.2) is 30.3 Å². The molecule has 1 unspecified atom stereocenters. The van der Waals surface area contributed by atoms with Crippen molar-refractivity contribution in [2.24, 2.45) is 5.92 Å². The second-order valence-corrected chi connectivity index (χ2v) is 5.38. The van der Waals surface area contributed by atoms with Gasteiger partial charge < -0.3 is 14.7 Å². The molecule has 0 aromatic heterocycles. The summed E-state index contributed by atoms with van der Waals surface area (Å²) >= 11 is 0. The second-order valence-electron chi connectivity index (χ2n) is 5.38. The summed E-state index contributed by atoms with van der Waals surface area (Å²) in [7, 11) is 0. The number of carboxylic acid groups (broad SMARTS) is 1. The molecule has 0 spiro atoms. The Bertz CT molecular complexity index is 488. The normalized spacial score (nSPS) is 19.3. The van der Waals surface area contributed by atoms with E-state index in [0.717, 1.165) is 12.2 Å². The number of rotatable bonds is 6. The van der Waals surface area contributed by atoms with E-state index in [1.165, 1.54) is 4.90 Å². The Kier molecular flexibility index (Phi) is 5.20. The molecule has 21 heavy (non-hydrogen) atoms. The van der Waals surface area contributed by atoms with Crippen LogP contribution < -0.4 is 4.74 Å². The zero-order valence-electron chi connectivity index (χ0n) is 12.2. The van der Waals surface area contributed by atoms with E-state index >= 15 is 0 Å². The number of carboxylic acids is 1. The maximum atomic E-state index is 12.3. The number of aliphatic carboxylic acids is 1. The average Bonchev–Trinajstić information content (AvgIpc) is 2.97. The standard InChI is InChI=1S/C16H21NO4/c1-12(9-11-21-13-6-3-2-4-7-13)15(18)17-10-5-8-14(17)16(19)20/h2-4,6-7,12,14H,5,8-11H2,1H3,(H,19,20)/t12?,14-/m1/s1. The lowest BCUT2D eigenvalue weighted by Crippen LogP contribution is -2.43. The third kappa shape index (κ3) is 3.97. The van der Waals surface area contributed by atoms with Crippen LogP contribution >= 0.6 is 0 Å². The van der Waals surface area contributed by atoms with E-state index in [4.69, 9.17) is 9.84 Å². The molecule has 0 radical (unpaired) electrons. The largest absolute Gasteiger partial charge is 0.494 e. The third-order valence-corrected chi connectivity index (χ3v) is 3.81. The van der Waals surface area contributed by atoms with Crippen molar-refractivity contribution in [3.63, 3.8) is 0 Å². The molecule has 114 valence electrons. The van der Waals surface area contributed by atoms with Crippen molar-refractivity contribution in [3.05, 3.63) is 30.3 Å². The van der Waals surface area contributed by atoms with Crippen LogP contribution in [0.4, 0.5) is 0 Å². The van der Waals surface area contributed by atoms with Gasteiger partial charge in [0.2, 0.25) is 5.91 Å². The van der Waals surface area contributed by atoms with Crippen LogP contribution in [0, 0.1) is 5.92 Å². The molecule has 1 aromatic carbocycles. The number of likely N-dealkylation sites (tertiary alicyclic amines) is 1. The molecule has 1 aliphatic rings. The molecule has 5 nitrogen and oxygen atoms in total. The Morgan fingerprint density at radius 3 is 2.76 bits per heavy atom. The first-order chi connectivity index (χ1) is 10.1. The number of hydrogen-bond donors (Lipinski definition) is 1. The highest BCUT2D eigenvalue weighted by Gasteiger charge is 2.35. The lowest BCUT2D eigenvalue weighted by atomic mass is 10.1. The molecule has 0 aliphatic carbocycles. The summed E-state index contributed by atoms with van der Waals surface area (Å²) in [5.41, 5.74) is 0. The van der Waals surface area contributed by atoms with Gasteiger partial charge in [-0.3, -0.25) is 4.79 Å². The third-order valence-electron chi connectivity index (χ3n) is 3.81. The van der Waals surface area contributed by atoms with Gasteiger partial charge in [0.05, 0.1) is 6.61 Å². The number of amides is 1. The molecule has 1 fully saturated rings. The number of ether oxygens (including phenoxy) is 1. The van der Waals surface area contributed by atoms with Crippen molar-refractivity contribution in [2.45, 2.75) is 32.2 Å². The van der Waals surface area contributed by atoms with E-state index in [0.29, 0.717) is 26.0 Å². The van der Waals surface area contributed by atoms with Gasteiger partial charge in [0, 0.05) is 12.5 Å². The van der Waals surface area contributed by atoms with Gasteiger partial charge in [0.15, 0.2) is 0 Å². The molecule has 1 amide bonds. The van der Waals surface area contributed by atoms with Crippen LogP contribution in [-0.4, -0.2) is 41.1 Å². The van der Waals surface area contributed by atoms with Crippen LogP contribution in [0.2, 0.25) is 0 Å². The predicted molar refractivity (Wildman–Crippen MR) is 78.1 cm³/mol. The van der Waals surface area contributed by atoms with Crippen molar-refractivity contribution >= 4 is 11.9 Å². The van der Waals surface area contributed by atoms with Crippen LogP contribution in [-0.2, 0) is 9.59 Å². The molecule has 1 aromatic rings. The first-order valence-electron chi connectivity index (χ1n) is 7.30. The molecular formula is C16H21NO4. The van der Waals surface area contributed by atoms with E-state index in [2.05, 4.69) is 0 Å². The Morgan fingerprint density at radius 1 is 1.38 bits per heavy atom. The minimum Gasteiger partial charge on any atom is -0.494 e. The Morgan fingerprint density at radius 2 is 2.10 bits per heavy atom. The summed E-state index contributed by atoms with van der Waals surface area (Å²) < 4.78 is 5.58. The molecule has 1 heterocycles. The molecular weight excluding hydrogens is 270 g/mol. The molecule has 0 bridgehead atoms. The monoisotopic (exact) mass is 291 g/mol. The summed E-state index contributed by atoms with van der Waals surface area (Å²) in [5.74, 6) is -0.444. The summed E-state index contributed by atoms with van der Waals surface area (Å²) in [6.07, 6.45) is 1.89. The second kappa shape index (κ2) is 7.11. The van der Waals surface area contributed by atoms with E-state index < -0.39 is 12.0 Å². The molecule has 2 rings (SSSR count). The quantitative estimate of drug-likeness (QED) is 0.872. The van der Waals surface area contributed by atoms with Crippen LogP contribution in [0.5, 0.6) is 5.75 Å². The van der Waals surface area contributed by atoms with Crippen LogP contribution in [0.3, 0.4) is 0 Å². The van der Waals surface area contributed by atoms with Crippen molar-refractivity contribution in [2.75, 3.05) is 13.2 Å². The summed E-state index contributed by atoms with van der Waals surface area (Å²) in [6, 6.07) is 8.78. The first-order valence-corrected chi connectivity index (χ1v) is 7.30. The molecule has 5 heteroatoms. The fraction of sp³-hybridized carbons (Fsp3) is 0.500. The van der Waals surface area contributed by atoms with Gasteiger partial charge in [-0.15, -0.1) is 0 Å². The summed E-state index contributed by atoms with van der Waals surface area (Å²) in [5, 5.41) is 9.12. The number of carbonyl (C=O) groups is 2. The lowest BCUT2D eigenvalue weighted by molar-refractivity contribution is -0.149. The smallest absolute Gasteiger partial charge is 0.326 e. The number of carbonyl (C=O) groups excluding carboxylic acids is 1. The fourth-order valence-corrected chi connectivity index (χ4v) is 2.56. The molecule has 1 saturated heterocycles. The lowest BCUT2D eigenvalue weighted by Gasteiger charge is -2.24. The summed E-state index contributed by atoms with van der Waals surface area (Å²) in [6.45, 7) is 2.82. The van der Waals surface area contributed by atoms with Crippen LogP contribution in [0.25, 0.3) is 0 Å². The van der Waals surface area contributed by atoms with Gasteiger partial charge in [0.1, 0.15) is 11.8 Å². The number of para-hydroxylation sites is 1. The Labute approximate surface area is 124 Å². The van der Waals surface area contributed by atoms with Gasteiger partial charge in [-0.05, 0) is 31.4 Å². The Balaban J connectivity index is 1.81. The highest BCUT2D eigenvalue weighted by atomic mass is 16.5. The minimum absolute atomic E-state index is 0.0865. The average molecular weight is 291 g/mol.